The Morgan fingerprint density at radius 3 is 1.31 bits per heavy atom. The number of carbonyl (C=O) groups is 4. The lowest BCUT2D eigenvalue weighted by molar-refractivity contribution is 0.0481. The predicted molar refractivity (Wildman–Crippen MR) is 371 cm³/mol. The van der Waals surface area contributed by atoms with Gasteiger partial charge in [-0.05, 0) is 166 Å². The van der Waals surface area contributed by atoms with Gasteiger partial charge in [0.05, 0.1) is 29.9 Å². The van der Waals surface area contributed by atoms with Gasteiger partial charge in [-0.3, -0.25) is 9.59 Å². The first kappa shape index (κ1) is 65.0. The minimum absolute atomic E-state index is 0.0641. The van der Waals surface area contributed by atoms with E-state index in [2.05, 4.69) is 213 Å². The van der Waals surface area contributed by atoms with Gasteiger partial charge in [-0.15, -0.1) is 0 Å². The number of Topliss-reactive ketones (excluding diaryl/α,β-unsaturated/α-hetero) is 1. The Hall–Kier alpha value is -9.46. The van der Waals surface area contributed by atoms with Crippen LogP contribution in [0.25, 0.3) is 24.3 Å². The summed E-state index contributed by atoms with van der Waals surface area (Å²) in [7, 11) is 0. The van der Waals surface area contributed by atoms with E-state index >= 15 is 0 Å². The molecule has 0 heterocycles. The minimum Gasteiger partial charge on any atom is -0.462 e. The maximum absolute atomic E-state index is 14.6. The molecule has 2 atom stereocenters. The maximum Gasteiger partial charge on any atom is 0.338 e. The zero-order chi connectivity index (χ0) is 63.8. The summed E-state index contributed by atoms with van der Waals surface area (Å²) in [6.07, 6.45) is 11.7. The third-order valence-electron chi connectivity index (χ3n) is 17.4. The monoisotopic (exact) mass is 1190 g/mol. The van der Waals surface area contributed by atoms with E-state index in [4.69, 9.17) is 9.47 Å². The van der Waals surface area contributed by atoms with Gasteiger partial charge in [0.2, 0.25) is 0 Å². The van der Waals surface area contributed by atoms with E-state index < -0.39 is 17.8 Å². The third kappa shape index (κ3) is 17.4. The van der Waals surface area contributed by atoms with Crippen LogP contribution in [-0.4, -0.2) is 36.8 Å². The van der Waals surface area contributed by atoms with Gasteiger partial charge in [-0.25, -0.2) is 9.59 Å². The zero-order valence-corrected chi connectivity index (χ0v) is 53.8. The number of ketones is 1. The second-order valence-electron chi connectivity index (χ2n) is 25.4. The number of rotatable bonds is 25. The molecule has 0 radical (unpaired) electrons. The number of amides is 1. The summed E-state index contributed by atoms with van der Waals surface area (Å²) in [5.74, 6) is -1.57. The molecule has 2 unspecified atom stereocenters. The Kier molecular flexibility index (Phi) is 21.8. The quantitative estimate of drug-likeness (QED) is 0.0348. The average molecular weight is 1190 g/mol. The molecule has 9 aromatic carbocycles. The molecule has 1 N–H and O–H groups in total. The molecule has 90 heavy (non-hydrogen) atoms. The highest BCUT2D eigenvalue weighted by Gasteiger charge is 2.26. The Morgan fingerprint density at radius 1 is 0.433 bits per heavy atom. The lowest BCUT2D eigenvalue weighted by Crippen LogP contribution is -2.20. The lowest BCUT2D eigenvalue weighted by Gasteiger charge is -2.26. The molecular formula is C83H85NO6. The molecule has 7 heteroatoms. The van der Waals surface area contributed by atoms with Gasteiger partial charge in [0, 0.05) is 23.1 Å². The molecule has 0 aliphatic rings. The molecule has 0 saturated heterocycles. The highest BCUT2D eigenvalue weighted by Crippen LogP contribution is 2.33. The van der Waals surface area contributed by atoms with Crippen LogP contribution in [0.3, 0.4) is 0 Å². The van der Waals surface area contributed by atoms with Crippen LogP contribution in [0, 0.1) is 13.8 Å². The Balaban J connectivity index is 0.942. The topological polar surface area (TPSA) is 98.8 Å². The molecule has 0 saturated carbocycles. The minimum atomic E-state index is -0.617. The second kappa shape index (κ2) is 30.2. The molecule has 0 aromatic heterocycles. The van der Waals surface area contributed by atoms with E-state index in [0.29, 0.717) is 24.1 Å². The average Bonchev–Trinajstić information content (AvgIpc) is 1.20. The summed E-state index contributed by atoms with van der Waals surface area (Å²) in [4.78, 5) is 57.7. The van der Waals surface area contributed by atoms with Crippen molar-refractivity contribution >= 4 is 53.6 Å². The van der Waals surface area contributed by atoms with Crippen molar-refractivity contribution in [3.05, 3.63) is 312 Å². The van der Waals surface area contributed by atoms with Crippen LogP contribution >= 0.6 is 0 Å². The molecule has 1 amide bonds. The van der Waals surface area contributed by atoms with Crippen molar-refractivity contribution in [2.24, 2.45) is 0 Å². The highest BCUT2D eigenvalue weighted by atomic mass is 16.5. The third-order valence-corrected chi connectivity index (χ3v) is 17.4. The van der Waals surface area contributed by atoms with Gasteiger partial charge >= 0.3 is 11.9 Å². The van der Waals surface area contributed by atoms with E-state index in [9.17, 15) is 19.2 Å². The van der Waals surface area contributed by atoms with Gasteiger partial charge in [0.15, 0.2) is 5.78 Å². The van der Waals surface area contributed by atoms with Crippen molar-refractivity contribution in [3.8, 4) is 0 Å². The van der Waals surface area contributed by atoms with Crippen molar-refractivity contribution in [1.82, 2.24) is 0 Å². The second-order valence-corrected chi connectivity index (χ2v) is 25.4. The van der Waals surface area contributed by atoms with E-state index in [1.807, 2.05) is 66.7 Å². The molecule has 9 aromatic rings. The first-order chi connectivity index (χ1) is 43.3. The normalized spacial score (nSPS) is 12.4. The van der Waals surface area contributed by atoms with E-state index in [-0.39, 0.29) is 76.8 Å². The van der Waals surface area contributed by atoms with Crippen molar-refractivity contribution in [2.45, 2.75) is 124 Å². The summed E-state index contributed by atoms with van der Waals surface area (Å²) in [5, 5.41) is 3.05. The smallest absolute Gasteiger partial charge is 0.338 e. The number of hydrogen-bond acceptors (Lipinski definition) is 6. The summed E-state index contributed by atoms with van der Waals surface area (Å²) in [5.41, 5.74) is 15.9. The SMILES string of the molecule is CCC(CCOC(=O)c1ccc(Cc2ccc(C(=O)Nc3ccc(C(C)(C)c4ccccc4)cc3)c(C(=O)OCCC(CC)c3ccc(/C=C/c4ccc(C)cc4)cc3)c2)cc1C(=O)Cc1ccc(C(C)(C)C)cc1)c1ccc(/C=C/c2ccc(C)cc2)cc1. The molecule has 0 fully saturated rings. The van der Waals surface area contributed by atoms with Gasteiger partial charge in [-0.2, -0.15) is 0 Å². The fraction of sp³-hybridized carbons (Fsp3) is 0.253. The van der Waals surface area contributed by atoms with Gasteiger partial charge in [-0.1, -0.05) is 260 Å². The van der Waals surface area contributed by atoms with Crippen LogP contribution in [0.1, 0.15) is 205 Å². The van der Waals surface area contributed by atoms with Gasteiger partial charge < -0.3 is 14.8 Å². The number of anilines is 1. The van der Waals surface area contributed by atoms with Crippen LogP contribution in [0.2, 0.25) is 0 Å². The van der Waals surface area contributed by atoms with Crippen LogP contribution in [0.4, 0.5) is 5.69 Å². The molecule has 0 bridgehead atoms. The number of aryl methyl sites for hydroxylation is 2. The fourth-order valence-corrected chi connectivity index (χ4v) is 11.5. The number of benzene rings is 9. The maximum atomic E-state index is 14.6. The molecule has 7 nitrogen and oxygen atoms in total. The number of nitrogens with one attached hydrogen (secondary N) is 1. The zero-order valence-electron chi connectivity index (χ0n) is 53.8. The summed E-state index contributed by atoms with van der Waals surface area (Å²) >= 11 is 0. The number of hydrogen-bond donors (Lipinski definition) is 1. The summed E-state index contributed by atoms with van der Waals surface area (Å²) < 4.78 is 12.1. The lowest BCUT2D eigenvalue weighted by atomic mass is 9.78. The fourth-order valence-electron chi connectivity index (χ4n) is 11.5. The molecule has 0 aliphatic carbocycles. The number of esters is 2. The Labute approximate surface area is 534 Å². The van der Waals surface area contributed by atoms with Gasteiger partial charge in [0.1, 0.15) is 0 Å². The van der Waals surface area contributed by atoms with Crippen LogP contribution < -0.4 is 5.32 Å². The molecular weight excluding hydrogens is 1110 g/mol. The standard InChI is InChI=1S/C83H85NO6/c1-10-66(68-37-29-61(30-38-68)27-25-59-21-17-57(3)18-22-59)49-51-89-80(87)75-48-36-64(54-76(75)78(85)56-63-33-41-70(42-34-63)82(5,6)7)53-65-35-47-74(79(86)84-73-45-43-72(44-46-73)83(8,9)71-15-13-12-14-16-71)77(55-65)81(88)90-52-50-67(11-2)69-39-31-62(32-40-69)28-26-60-23-19-58(4)20-24-60/h12-48,54-55,66-67H,10-11,49-53,56H2,1-9H3,(H,84,86)/b27-25+,28-26+. The van der Waals surface area contributed by atoms with Crippen molar-refractivity contribution in [2.75, 3.05) is 18.5 Å². The molecule has 0 aliphatic heterocycles. The van der Waals surface area contributed by atoms with E-state index in [1.165, 1.54) is 22.3 Å². The van der Waals surface area contributed by atoms with Crippen LogP contribution in [0.15, 0.2) is 212 Å². The molecule has 458 valence electrons. The first-order valence-corrected chi connectivity index (χ1v) is 31.7. The Morgan fingerprint density at radius 2 is 0.844 bits per heavy atom. The Bertz CT molecular complexity index is 3940. The number of carbonyl (C=O) groups excluding carboxylic acids is 4. The van der Waals surface area contributed by atoms with Crippen molar-refractivity contribution in [1.29, 1.82) is 0 Å². The van der Waals surface area contributed by atoms with Gasteiger partial charge in [0.25, 0.3) is 5.91 Å². The number of ether oxygens (including phenoxy) is 2. The van der Waals surface area contributed by atoms with Crippen LogP contribution in [-0.2, 0) is 33.1 Å². The van der Waals surface area contributed by atoms with E-state index in [0.717, 1.165) is 62.9 Å². The molecule has 9 rings (SSSR count). The summed E-state index contributed by atoms with van der Waals surface area (Å²) in [6.45, 7) is 19.5. The van der Waals surface area contributed by atoms with Crippen molar-refractivity contribution < 1.29 is 28.7 Å². The van der Waals surface area contributed by atoms with E-state index in [1.54, 1.807) is 24.3 Å². The largest absolute Gasteiger partial charge is 0.462 e. The molecule has 0 spiro atoms. The predicted octanol–water partition coefficient (Wildman–Crippen LogP) is 20.0. The first-order valence-electron chi connectivity index (χ1n) is 31.7. The summed E-state index contributed by atoms with van der Waals surface area (Å²) in [6, 6.07) is 70.5. The van der Waals surface area contributed by atoms with Crippen LogP contribution in [0.5, 0.6) is 0 Å². The highest BCUT2D eigenvalue weighted by molar-refractivity contribution is 6.11. The van der Waals surface area contributed by atoms with Crippen molar-refractivity contribution in [3.63, 3.8) is 0 Å².